The molecule has 0 N–H and O–H groups in total. The summed E-state index contributed by atoms with van der Waals surface area (Å²) < 4.78 is 10.5. The molecule has 0 radical (unpaired) electrons. The standard InChI is InChI=1S/C18H34O4/c1-6-15(7-2)9-10-16(8-3)22-18(20)12-11-17(19)21-13-14(4)5/h14-16H,6-13H2,1-5H3. The molecule has 0 heterocycles. The number of hydrogen-bond acceptors (Lipinski definition) is 4. The van der Waals surface area contributed by atoms with Crippen LogP contribution in [0.5, 0.6) is 0 Å². The van der Waals surface area contributed by atoms with Crippen molar-refractivity contribution in [2.75, 3.05) is 6.61 Å². The zero-order valence-corrected chi connectivity index (χ0v) is 15.0. The van der Waals surface area contributed by atoms with Gasteiger partial charge in [0.05, 0.1) is 19.4 Å². The molecule has 0 fully saturated rings. The molecule has 0 saturated heterocycles. The van der Waals surface area contributed by atoms with Crippen LogP contribution in [0.4, 0.5) is 0 Å². The van der Waals surface area contributed by atoms with Gasteiger partial charge >= 0.3 is 11.9 Å². The molecule has 4 nitrogen and oxygen atoms in total. The number of rotatable bonds is 12. The first kappa shape index (κ1) is 20.9. The Morgan fingerprint density at radius 3 is 1.95 bits per heavy atom. The lowest BCUT2D eigenvalue weighted by Gasteiger charge is -2.19. The molecule has 4 heteroatoms. The van der Waals surface area contributed by atoms with Gasteiger partial charge in [0.2, 0.25) is 0 Å². The maximum atomic E-state index is 11.8. The van der Waals surface area contributed by atoms with Gasteiger partial charge in [-0.25, -0.2) is 0 Å². The third-order valence-electron chi connectivity index (χ3n) is 3.92. The molecule has 1 unspecified atom stereocenters. The van der Waals surface area contributed by atoms with Crippen molar-refractivity contribution < 1.29 is 19.1 Å². The highest BCUT2D eigenvalue weighted by Gasteiger charge is 2.16. The first-order chi connectivity index (χ1) is 10.4. The van der Waals surface area contributed by atoms with Crippen molar-refractivity contribution in [2.45, 2.75) is 85.7 Å². The van der Waals surface area contributed by atoms with Gasteiger partial charge in [0.1, 0.15) is 6.10 Å². The molecule has 0 aliphatic rings. The van der Waals surface area contributed by atoms with Crippen molar-refractivity contribution in [3.63, 3.8) is 0 Å². The van der Waals surface area contributed by atoms with E-state index in [9.17, 15) is 9.59 Å². The van der Waals surface area contributed by atoms with E-state index in [-0.39, 0.29) is 30.9 Å². The highest BCUT2D eigenvalue weighted by atomic mass is 16.5. The summed E-state index contributed by atoms with van der Waals surface area (Å²) >= 11 is 0. The van der Waals surface area contributed by atoms with Crippen molar-refractivity contribution in [3.8, 4) is 0 Å². The van der Waals surface area contributed by atoms with Crippen LogP contribution < -0.4 is 0 Å². The third-order valence-corrected chi connectivity index (χ3v) is 3.92. The topological polar surface area (TPSA) is 52.6 Å². The fraction of sp³-hybridized carbons (Fsp3) is 0.889. The molecule has 22 heavy (non-hydrogen) atoms. The second-order valence-corrected chi connectivity index (χ2v) is 6.36. The van der Waals surface area contributed by atoms with Crippen molar-refractivity contribution in [3.05, 3.63) is 0 Å². The second-order valence-electron chi connectivity index (χ2n) is 6.36. The van der Waals surface area contributed by atoms with Crippen molar-refractivity contribution in [1.82, 2.24) is 0 Å². The van der Waals surface area contributed by atoms with Crippen LogP contribution in [-0.4, -0.2) is 24.6 Å². The fourth-order valence-corrected chi connectivity index (χ4v) is 2.25. The lowest BCUT2D eigenvalue weighted by atomic mass is 9.95. The predicted molar refractivity (Wildman–Crippen MR) is 88.5 cm³/mol. The monoisotopic (exact) mass is 314 g/mol. The Labute approximate surface area is 135 Å². The average molecular weight is 314 g/mol. The van der Waals surface area contributed by atoms with E-state index < -0.39 is 0 Å². The van der Waals surface area contributed by atoms with Crippen LogP contribution >= 0.6 is 0 Å². The molecule has 0 aliphatic heterocycles. The van der Waals surface area contributed by atoms with Gasteiger partial charge in [0.25, 0.3) is 0 Å². The van der Waals surface area contributed by atoms with Gasteiger partial charge in [0, 0.05) is 0 Å². The predicted octanol–water partition coefficient (Wildman–Crippen LogP) is 4.50. The Morgan fingerprint density at radius 2 is 1.45 bits per heavy atom. The van der Waals surface area contributed by atoms with Crippen LogP contribution in [0, 0.1) is 11.8 Å². The number of hydrogen-bond donors (Lipinski definition) is 0. The minimum Gasteiger partial charge on any atom is -0.465 e. The smallest absolute Gasteiger partial charge is 0.306 e. The molecule has 0 bridgehead atoms. The van der Waals surface area contributed by atoms with E-state index in [2.05, 4.69) is 13.8 Å². The van der Waals surface area contributed by atoms with Crippen molar-refractivity contribution in [1.29, 1.82) is 0 Å². The lowest BCUT2D eigenvalue weighted by molar-refractivity contribution is -0.154. The fourth-order valence-electron chi connectivity index (χ4n) is 2.25. The summed E-state index contributed by atoms with van der Waals surface area (Å²) in [6, 6.07) is 0. The summed E-state index contributed by atoms with van der Waals surface area (Å²) in [6.07, 6.45) is 5.35. The van der Waals surface area contributed by atoms with Gasteiger partial charge in [-0.2, -0.15) is 0 Å². The van der Waals surface area contributed by atoms with Gasteiger partial charge in [-0.15, -0.1) is 0 Å². The molecular formula is C18H34O4. The zero-order valence-electron chi connectivity index (χ0n) is 15.0. The first-order valence-electron chi connectivity index (χ1n) is 8.77. The summed E-state index contributed by atoms with van der Waals surface area (Å²) in [5.41, 5.74) is 0. The molecule has 1 atom stereocenters. The van der Waals surface area contributed by atoms with Crippen molar-refractivity contribution in [2.24, 2.45) is 11.8 Å². The minimum absolute atomic E-state index is 0.0280. The second kappa shape index (κ2) is 12.5. The molecule has 130 valence electrons. The SMILES string of the molecule is CCC(CC)CCC(CC)OC(=O)CCC(=O)OCC(C)C. The minimum atomic E-state index is -0.323. The van der Waals surface area contributed by atoms with Crippen LogP contribution in [-0.2, 0) is 19.1 Å². The molecule has 0 amide bonds. The summed E-state index contributed by atoms with van der Waals surface area (Å²) in [6.45, 7) is 10.8. The Hall–Kier alpha value is -1.06. The Kier molecular flexibility index (Phi) is 11.9. The van der Waals surface area contributed by atoms with Crippen molar-refractivity contribution >= 4 is 11.9 Å². The van der Waals surface area contributed by atoms with Gasteiger partial charge < -0.3 is 9.47 Å². The van der Waals surface area contributed by atoms with Crippen LogP contribution in [0.25, 0.3) is 0 Å². The molecule has 0 aromatic rings. The maximum Gasteiger partial charge on any atom is 0.306 e. The summed E-state index contributed by atoms with van der Waals surface area (Å²) in [4.78, 5) is 23.3. The van der Waals surface area contributed by atoms with Crippen LogP contribution in [0.1, 0.15) is 79.6 Å². The van der Waals surface area contributed by atoms with E-state index in [0.29, 0.717) is 18.4 Å². The van der Waals surface area contributed by atoms with E-state index >= 15 is 0 Å². The molecule has 0 aliphatic carbocycles. The molecule has 0 aromatic carbocycles. The quantitative estimate of drug-likeness (QED) is 0.498. The highest BCUT2D eigenvalue weighted by molar-refractivity contribution is 5.77. The number of esters is 2. The van der Waals surface area contributed by atoms with Crippen LogP contribution in [0.3, 0.4) is 0 Å². The summed E-state index contributed by atoms with van der Waals surface area (Å²) in [5.74, 6) is 0.401. The lowest BCUT2D eigenvalue weighted by Crippen LogP contribution is -2.20. The van der Waals surface area contributed by atoms with Gasteiger partial charge in [-0.1, -0.05) is 47.5 Å². The molecule has 0 aromatic heterocycles. The van der Waals surface area contributed by atoms with E-state index in [4.69, 9.17) is 9.47 Å². The van der Waals surface area contributed by atoms with Gasteiger partial charge in [-0.05, 0) is 31.1 Å². The maximum absolute atomic E-state index is 11.8. The molecular weight excluding hydrogens is 280 g/mol. The largest absolute Gasteiger partial charge is 0.465 e. The zero-order chi connectivity index (χ0) is 17.0. The average Bonchev–Trinajstić information content (AvgIpc) is 2.50. The van der Waals surface area contributed by atoms with E-state index in [0.717, 1.165) is 19.3 Å². The molecule has 0 rings (SSSR count). The summed E-state index contributed by atoms with van der Waals surface area (Å²) in [5, 5.41) is 0. The normalized spacial score (nSPS) is 12.5. The molecule has 0 spiro atoms. The summed E-state index contributed by atoms with van der Waals surface area (Å²) in [7, 11) is 0. The Balaban J connectivity index is 3.97. The number of ether oxygens (including phenoxy) is 2. The van der Waals surface area contributed by atoms with E-state index in [1.165, 1.54) is 12.8 Å². The van der Waals surface area contributed by atoms with Crippen LogP contribution in [0.15, 0.2) is 0 Å². The van der Waals surface area contributed by atoms with Gasteiger partial charge in [0.15, 0.2) is 0 Å². The highest BCUT2D eigenvalue weighted by Crippen LogP contribution is 2.19. The van der Waals surface area contributed by atoms with Gasteiger partial charge in [-0.3, -0.25) is 9.59 Å². The number of carbonyl (C=O) groups is 2. The molecule has 0 saturated carbocycles. The van der Waals surface area contributed by atoms with E-state index in [1.54, 1.807) is 0 Å². The third kappa shape index (κ3) is 10.6. The first-order valence-corrected chi connectivity index (χ1v) is 8.77. The van der Waals surface area contributed by atoms with Crippen LogP contribution in [0.2, 0.25) is 0 Å². The Morgan fingerprint density at radius 1 is 0.864 bits per heavy atom. The van der Waals surface area contributed by atoms with E-state index in [1.807, 2.05) is 20.8 Å². The Bertz CT molecular complexity index is 308. The number of carbonyl (C=O) groups excluding carboxylic acids is 2.